The normalized spacial score (nSPS) is 10.7. The number of Topliss-reactive ketones (excluding diaryl/α,β-unsaturated/α-hetero) is 6. The highest BCUT2D eigenvalue weighted by Crippen LogP contribution is 2.34. The molecule has 12 N–H and O–H groups in total. The number of aliphatic hydroxyl groups excluding tert-OH is 1. The number of carboxylic acid groups (broad SMARTS) is 6. The third-order valence-electron chi connectivity index (χ3n) is 21.3. The van der Waals surface area contributed by atoms with E-state index in [0.29, 0.717) is 46.4 Å². The number of nitrogens with zero attached hydrogens (tertiary/aromatic N) is 1. The van der Waals surface area contributed by atoms with Gasteiger partial charge in [-0.15, -0.1) is 0 Å². The number of carbonyl (C=O) groups excluding carboxylic acids is 11. The molecule has 34 heteroatoms. The zero-order chi connectivity index (χ0) is 106. The van der Waals surface area contributed by atoms with Crippen LogP contribution in [-0.2, 0) is 37.3 Å². The summed E-state index contributed by atoms with van der Waals surface area (Å²) in [5.41, 5.74) is 7.73. The molecule has 31 nitrogen and oxygen atoms in total. The van der Waals surface area contributed by atoms with Gasteiger partial charge in [0.25, 0.3) is 29.5 Å². The van der Waals surface area contributed by atoms with E-state index in [-0.39, 0.29) is 150 Å². The number of benzene rings is 12. The second-order valence-corrected chi connectivity index (χ2v) is 31.5. The van der Waals surface area contributed by atoms with Crippen LogP contribution in [0.4, 0.5) is 13.2 Å². The molecule has 12 aromatic rings. The van der Waals surface area contributed by atoms with Crippen molar-refractivity contribution in [1.29, 1.82) is 5.26 Å². The smallest absolute Gasteiger partial charge is 0.412 e. The van der Waals surface area contributed by atoms with E-state index in [1.54, 1.807) is 140 Å². The lowest BCUT2D eigenvalue weighted by atomic mass is 9.98. The number of aromatic carboxylic acids is 6. The number of amides is 5. The van der Waals surface area contributed by atoms with Crippen LogP contribution in [-0.4, -0.2) is 149 Å². The number of carbonyl (C=O) groups is 17. The first kappa shape index (κ1) is 111. The van der Waals surface area contributed by atoms with Crippen molar-refractivity contribution in [2.75, 3.05) is 7.11 Å². The van der Waals surface area contributed by atoms with Crippen molar-refractivity contribution in [1.82, 2.24) is 26.6 Å². The Morgan fingerprint density at radius 3 is 1.09 bits per heavy atom. The van der Waals surface area contributed by atoms with E-state index in [1.807, 2.05) is 42.6 Å². The SMILES string of the molecule is C=C(O)c1ccc(CCC(=O)c2ccccc2C(=O)O)cc1OC.CC(=O)Cc1ccc(CNC(=O)c2ccccc2C(=O)O)cc1.CC(=O)c1ccc(C(C)NC(=O)c2ccccc2C(=O)O)cc1.CC(=O)c1ccc(C(NC(=O)c2ccccc2C(=O)O)C(F)(F)F)cc1.CC(=O)c1ccc(CNC(=O)c2ccccc2C(=O)O)c(C)c1.CC(=O)c1ccccc1C(=O)NCc1ccc(C(=O)O)c(C#N)c1. The third kappa shape index (κ3) is 33.1. The molecule has 0 bridgehead atoms. The number of alkyl halides is 3. The van der Waals surface area contributed by atoms with Crippen molar-refractivity contribution < 1.29 is 135 Å². The molecule has 0 heterocycles. The Labute approximate surface area is 817 Å². The molecule has 0 aliphatic heterocycles. The monoisotopic (exact) mass is 1950 g/mol. The number of carboxylic acids is 6. The first-order chi connectivity index (χ1) is 67.7. The molecule has 12 rings (SSSR count). The Morgan fingerprint density at radius 2 is 0.706 bits per heavy atom. The minimum absolute atomic E-state index is 0.00649. The summed E-state index contributed by atoms with van der Waals surface area (Å²) in [6, 6.07) is 68.6. The van der Waals surface area contributed by atoms with E-state index in [4.69, 9.17) is 40.6 Å². The molecule has 0 saturated carbocycles. The van der Waals surface area contributed by atoms with E-state index in [1.165, 1.54) is 133 Å². The maximum Gasteiger partial charge on any atom is 0.412 e. The van der Waals surface area contributed by atoms with Crippen LogP contribution in [0.2, 0.25) is 0 Å². The van der Waals surface area contributed by atoms with Gasteiger partial charge in [0.2, 0.25) is 0 Å². The second kappa shape index (κ2) is 53.2. The van der Waals surface area contributed by atoms with Crippen molar-refractivity contribution >= 4 is 106 Å². The topological polar surface area (TPSA) is 525 Å². The van der Waals surface area contributed by atoms with Gasteiger partial charge in [0.1, 0.15) is 23.4 Å². The minimum atomic E-state index is -4.81. The Balaban J connectivity index is 0.000000233. The Hall–Kier alpha value is -18.6. The Morgan fingerprint density at radius 1 is 0.364 bits per heavy atom. The molecular formula is C109H97F3N6O25. The lowest BCUT2D eigenvalue weighted by Gasteiger charge is -2.22. The molecule has 0 aromatic heterocycles. The molecule has 0 fully saturated rings. The number of aryl methyl sites for hydroxylation is 2. The van der Waals surface area contributed by atoms with Crippen LogP contribution in [0, 0.1) is 18.3 Å². The van der Waals surface area contributed by atoms with Crippen LogP contribution >= 0.6 is 0 Å². The number of rotatable bonds is 33. The molecule has 12 aromatic carbocycles. The van der Waals surface area contributed by atoms with Gasteiger partial charge in [-0.25, -0.2) is 28.8 Å². The minimum Gasteiger partial charge on any atom is -0.508 e. The number of methoxy groups -OCH3 is 1. The number of ether oxygens (including phenoxy) is 1. The average Bonchev–Trinajstić information content (AvgIpc) is 0.802. The Bertz CT molecular complexity index is 6880. The van der Waals surface area contributed by atoms with Gasteiger partial charge >= 0.3 is 42.0 Å². The Kier molecular flexibility index (Phi) is 41.5. The molecule has 5 amide bonds. The fourth-order valence-electron chi connectivity index (χ4n) is 13.7. The van der Waals surface area contributed by atoms with Gasteiger partial charge in [0.15, 0.2) is 35.0 Å². The van der Waals surface area contributed by atoms with Gasteiger partial charge in [0.05, 0.1) is 85.5 Å². The highest BCUT2D eigenvalue weighted by atomic mass is 19.4. The summed E-state index contributed by atoms with van der Waals surface area (Å²) in [5.74, 6) is -10.4. The van der Waals surface area contributed by atoms with Crippen molar-refractivity contribution in [3.8, 4) is 11.8 Å². The summed E-state index contributed by atoms with van der Waals surface area (Å²) >= 11 is 0. The van der Waals surface area contributed by atoms with Crippen molar-refractivity contribution in [3.05, 3.63) is 424 Å². The summed E-state index contributed by atoms with van der Waals surface area (Å²) < 4.78 is 45.4. The molecule has 0 aliphatic rings. The zero-order valence-corrected chi connectivity index (χ0v) is 78.1. The van der Waals surface area contributed by atoms with Crippen LogP contribution in [0.3, 0.4) is 0 Å². The van der Waals surface area contributed by atoms with Crippen LogP contribution < -0.4 is 31.3 Å². The number of ketones is 6. The maximum atomic E-state index is 13.4. The van der Waals surface area contributed by atoms with Gasteiger partial charge in [0, 0.05) is 60.3 Å². The molecule has 2 atom stereocenters. The van der Waals surface area contributed by atoms with E-state index in [0.717, 1.165) is 57.6 Å². The molecular weight excluding hydrogens is 1850 g/mol. The van der Waals surface area contributed by atoms with Crippen LogP contribution in [0.25, 0.3) is 5.76 Å². The molecule has 0 radical (unpaired) electrons. The van der Waals surface area contributed by atoms with Crippen molar-refractivity contribution in [2.45, 2.75) is 106 Å². The second-order valence-electron chi connectivity index (χ2n) is 31.5. The number of hydrogen-bond acceptors (Lipinski definition) is 20. The lowest BCUT2D eigenvalue weighted by Crippen LogP contribution is -2.38. The summed E-state index contributed by atoms with van der Waals surface area (Å²) in [4.78, 5) is 197. The van der Waals surface area contributed by atoms with Crippen molar-refractivity contribution in [2.24, 2.45) is 0 Å². The van der Waals surface area contributed by atoms with E-state index >= 15 is 0 Å². The van der Waals surface area contributed by atoms with Gasteiger partial charge in [-0.1, -0.05) is 189 Å². The van der Waals surface area contributed by atoms with Gasteiger partial charge < -0.3 is 67.1 Å². The fraction of sp³-hybridized carbons (Fsp3) is 0.156. The summed E-state index contributed by atoms with van der Waals surface area (Å²) in [5, 5.41) is 85.7. The predicted octanol–water partition coefficient (Wildman–Crippen LogP) is 18.1. The first-order valence-corrected chi connectivity index (χ1v) is 43.2. The molecule has 143 heavy (non-hydrogen) atoms. The van der Waals surface area contributed by atoms with Gasteiger partial charge in [-0.05, 0) is 190 Å². The number of aliphatic hydroxyl groups is 1. The number of nitriles is 1. The zero-order valence-electron chi connectivity index (χ0n) is 78.1. The molecule has 0 spiro atoms. The summed E-state index contributed by atoms with van der Waals surface area (Å²) in [7, 11) is 1.49. The molecule has 0 aliphatic carbocycles. The summed E-state index contributed by atoms with van der Waals surface area (Å²) in [6.45, 7) is 15.0. The standard InChI is InChI=1S/C19H18O5.C18H14F3NO4.C18H14N2O4.3C18H17NO4/c1-12(20)14-9-7-13(11-18(14)24-2)8-10-17(21)15-5-3-4-6-16(15)19(22)23;1-10(23)11-6-8-12(9-7-11)15(18(19,20)21)22-16(24)13-4-2-3-5-14(13)17(25)26;1-11(21)14-4-2-3-5-16(14)17(22)20-10-12-6-7-15(18(23)24)13(8-12)9-19;1-11(13-7-9-14(10-8-13)12(2)20)19-17(21)15-5-3-4-6-16(15)18(22)23;1-11-9-13(12(2)20)7-8-14(11)10-19-17(21)15-5-3-4-6-16(15)18(22)23;1-12(20)10-13-6-8-14(9-7-13)11-19-17(21)15-4-2-3-5-16(15)18(22)23/h3-7,9,11,20H,1,8,10H2,2H3,(H,22,23);2-9,15H,1H3,(H,22,24)(H,25,26);2-8H,10H2,1H3,(H,20,22)(H,23,24);3-11H,1-2H3,(H,19,21)(H,22,23);3-9H,10H2,1-2H3,(H,19,21)(H,22,23);2-9H,10-11H2,1H3,(H,19,21)(H,22,23). The average molecular weight is 1950 g/mol. The maximum absolute atomic E-state index is 13.4. The van der Waals surface area contributed by atoms with Crippen LogP contribution in [0.15, 0.2) is 280 Å². The number of halogens is 3. The van der Waals surface area contributed by atoms with E-state index in [2.05, 4.69) is 27.8 Å². The highest BCUT2D eigenvalue weighted by molar-refractivity contribution is 6.10. The molecule has 0 saturated heterocycles. The predicted molar refractivity (Wildman–Crippen MR) is 519 cm³/mol. The number of nitrogens with one attached hydrogen (secondary N) is 5. The largest absolute Gasteiger partial charge is 0.508 e. The third-order valence-corrected chi connectivity index (χ3v) is 21.3. The highest BCUT2D eigenvalue weighted by Gasteiger charge is 2.42. The quantitative estimate of drug-likeness (QED) is 0.0134. The van der Waals surface area contributed by atoms with Crippen LogP contribution in [0.1, 0.15) is 281 Å². The molecule has 734 valence electrons. The van der Waals surface area contributed by atoms with E-state index < -0.39 is 83.1 Å². The van der Waals surface area contributed by atoms with Crippen molar-refractivity contribution in [3.63, 3.8) is 0 Å². The number of hydrogen-bond donors (Lipinski definition) is 12. The van der Waals surface area contributed by atoms with Gasteiger partial charge in [-0.3, -0.25) is 52.7 Å². The van der Waals surface area contributed by atoms with Gasteiger partial charge in [-0.2, -0.15) is 18.4 Å². The molecule has 2 unspecified atom stereocenters. The van der Waals surface area contributed by atoms with E-state index in [9.17, 15) is 99.8 Å². The fourth-order valence-corrected chi connectivity index (χ4v) is 13.7. The van der Waals surface area contributed by atoms with Crippen LogP contribution in [0.5, 0.6) is 5.75 Å². The summed E-state index contributed by atoms with van der Waals surface area (Å²) in [6.07, 6.45) is -3.82. The first-order valence-electron chi connectivity index (χ1n) is 43.2. The lowest BCUT2D eigenvalue weighted by molar-refractivity contribution is -0.155.